The Morgan fingerprint density at radius 3 is 2.86 bits per heavy atom. The maximum absolute atomic E-state index is 13.6. The standard InChI is InChI=1S/C14H14F2N2O3S/c15-8-1-2-10(16)9(5-8)11(19)6-18-12(20)14(17-13(18)21)3-4-22-7-14/h1-2,5,11,19H,3-4,6-7H2,(H,17,21)/t11-,14-/m0/s1. The minimum Gasteiger partial charge on any atom is -0.386 e. The maximum Gasteiger partial charge on any atom is 0.325 e. The van der Waals surface area contributed by atoms with E-state index in [-0.39, 0.29) is 5.56 Å². The molecule has 1 aromatic rings. The Kier molecular flexibility index (Phi) is 3.82. The summed E-state index contributed by atoms with van der Waals surface area (Å²) in [5, 5.41) is 12.7. The van der Waals surface area contributed by atoms with Gasteiger partial charge in [-0.05, 0) is 30.4 Å². The number of urea groups is 1. The van der Waals surface area contributed by atoms with Crippen molar-refractivity contribution in [1.82, 2.24) is 10.2 Å². The van der Waals surface area contributed by atoms with Gasteiger partial charge in [0.15, 0.2) is 0 Å². The van der Waals surface area contributed by atoms with E-state index in [1.165, 1.54) is 0 Å². The molecule has 3 rings (SSSR count). The van der Waals surface area contributed by atoms with Gasteiger partial charge in [-0.1, -0.05) is 0 Å². The van der Waals surface area contributed by atoms with E-state index in [9.17, 15) is 23.5 Å². The Morgan fingerprint density at radius 1 is 1.41 bits per heavy atom. The number of rotatable bonds is 3. The highest BCUT2D eigenvalue weighted by Gasteiger charge is 2.53. The lowest BCUT2D eigenvalue weighted by Gasteiger charge is -2.21. The normalized spacial score (nSPS) is 25.9. The molecule has 1 spiro atoms. The Morgan fingerprint density at radius 2 is 2.18 bits per heavy atom. The van der Waals surface area contributed by atoms with Crippen LogP contribution < -0.4 is 5.32 Å². The molecule has 0 bridgehead atoms. The number of hydrogen-bond donors (Lipinski definition) is 2. The average molecular weight is 328 g/mol. The number of β-amino-alcohol motifs (C(OH)–C–C–N with tert-alkyl or cyclic N) is 1. The molecule has 2 atom stereocenters. The van der Waals surface area contributed by atoms with Crippen LogP contribution in [0.4, 0.5) is 13.6 Å². The molecule has 0 saturated carbocycles. The van der Waals surface area contributed by atoms with Crippen LogP contribution in [0.15, 0.2) is 18.2 Å². The number of hydrogen-bond acceptors (Lipinski definition) is 4. The van der Waals surface area contributed by atoms with Gasteiger partial charge in [0.1, 0.15) is 23.3 Å². The van der Waals surface area contributed by atoms with Gasteiger partial charge in [0.25, 0.3) is 5.91 Å². The fraction of sp³-hybridized carbons (Fsp3) is 0.429. The molecule has 2 aliphatic heterocycles. The first-order valence-corrected chi connectivity index (χ1v) is 7.93. The Bertz CT molecular complexity index is 635. The monoisotopic (exact) mass is 328 g/mol. The highest BCUT2D eigenvalue weighted by atomic mass is 32.2. The Labute approximate surface area is 129 Å². The summed E-state index contributed by atoms with van der Waals surface area (Å²) in [5.41, 5.74) is -1.19. The first-order chi connectivity index (χ1) is 10.4. The number of nitrogens with one attached hydrogen (secondary N) is 1. The highest BCUT2D eigenvalue weighted by molar-refractivity contribution is 7.99. The molecule has 0 unspecified atom stereocenters. The van der Waals surface area contributed by atoms with E-state index in [4.69, 9.17) is 0 Å². The van der Waals surface area contributed by atoms with E-state index in [1.807, 2.05) is 0 Å². The number of aliphatic hydroxyl groups is 1. The first kappa shape index (κ1) is 15.2. The third-order valence-corrected chi connectivity index (χ3v) is 5.13. The first-order valence-electron chi connectivity index (χ1n) is 6.78. The predicted octanol–water partition coefficient (Wildman–Crippen LogP) is 1.43. The van der Waals surface area contributed by atoms with Crippen LogP contribution in [0.1, 0.15) is 18.1 Å². The molecule has 0 radical (unpaired) electrons. The SMILES string of the molecule is O=C1N[C@]2(CCSC2)C(=O)N1C[C@H](O)c1cc(F)ccc1F. The van der Waals surface area contributed by atoms with Crippen LogP contribution in [0.25, 0.3) is 0 Å². The van der Waals surface area contributed by atoms with Gasteiger partial charge in [-0.2, -0.15) is 11.8 Å². The van der Waals surface area contributed by atoms with Gasteiger partial charge in [-0.15, -0.1) is 0 Å². The van der Waals surface area contributed by atoms with Crippen LogP contribution in [0, 0.1) is 11.6 Å². The van der Waals surface area contributed by atoms with E-state index < -0.39 is 41.8 Å². The van der Waals surface area contributed by atoms with Gasteiger partial charge in [0, 0.05) is 11.3 Å². The van der Waals surface area contributed by atoms with Crippen molar-refractivity contribution in [2.45, 2.75) is 18.1 Å². The van der Waals surface area contributed by atoms with Gasteiger partial charge in [0.05, 0.1) is 6.54 Å². The van der Waals surface area contributed by atoms with Gasteiger partial charge >= 0.3 is 6.03 Å². The van der Waals surface area contributed by atoms with Crippen molar-refractivity contribution >= 4 is 23.7 Å². The molecule has 1 aromatic carbocycles. The second-order valence-electron chi connectivity index (χ2n) is 5.41. The Hall–Kier alpha value is -1.67. The number of carbonyl (C=O) groups is 2. The highest BCUT2D eigenvalue weighted by Crippen LogP contribution is 2.34. The predicted molar refractivity (Wildman–Crippen MR) is 76.2 cm³/mol. The summed E-state index contributed by atoms with van der Waals surface area (Å²) in [5.74, 6) is -0.652. The minimum atomic E-state index is -1.48. The van der Waals surface area contributed by atoms with Gasteiger partial charge in [-0.3, -0.25) is 9.69 Å². The topological polar surface area (TPSA) is 69.6 Å². The van der Waals surface area contributed by atoms with E-state index in [2.05, 4.69) is 5.32 Å². The summed E-state index contributed by atoms with van der Waals surface area (Å²) in [4.78, 5) is 25.3. The number of carbonyl (C=O) groups excluding carboxylic acids is 2. The number of amides is 3. The molecule has 3 amide bonds. The lowest BCUT2D eigenvalue weighted by molar-refractivity contribution is -0.131. The van der Waals surface area contributed by atoms with Crippen molar-refractivity contribution in [2.75, 3.05) is 18.1 Å². The summed E-state index contributed by atoms with van der Waals surface area (Å²) < 4.78 is 26.8. The second kappa shape index (κ2) is 5.51. The number of nitrogens with zero attached hydrogens (tertiary/aromatic N) is 1. The summed E-state index contributed by atoms with van der Waals surface area (Å²) in [6.45, 7) is -0.405. The Balaban J connectivity index is 1.79. The van der Waals surface area contributed by atoms with Crippen LogP contribution >= 0.6 is 11.8 Å². The summed E-state index contributed by atoms with van der Waals surface area (Å²) in [7, 11) is 0. The van der Waals surface area contributed by atoms with E-state index in [0.717, 1.165) is 28.9 Å². The molecule has 0 aromatic heterocycles. The van der Waals surface area contributed by atoms with Crippen LogP contribution in [0.2, 0.25) is 0 Å². The molecule has 2 saturated heterocycles. The van der Waals surface area contributed by atoms with Gasteiger partial charge in [-0.25, -0.2) is 13.6 Å². The molecule has 2 fully saturated rings. The van der Waals surface area contributed by atoms with Crippen molar-refractivity contribution in [3.05, 3.63) is 35.4 Å². The van der Waals surface area contributed by atoms with E-state index in [1.54, 1.807) is 11.8 Å². The minimum absolute atomic E-state index is 0.276. The summed E-state index contributed by atoms with van der Waals surface area (Å²) in [6.07, 6.45) is -0.946. The zero-order valence-electron chi connectivity index (χ0n) is 11.5. The molecule has 5 nitrogen and oxygen atoms in total. The largest absolute Gasteiger partial charge is 0.386 e. The van der Waals surface area contributed by atoms with Gasteiger partial charge < -0.3 is 10.4 Å². The molecule has 8 heteroatoms. The second-order valence-corrected chi connectivity index (χ2v) is 6.52. The van der Waals surface area contributed by atoms with Gasteiger partial charge in [0.2, 0.25) is 0 Å². The van der Waals surface area contributed by atoms with Crippen molar-refractivity contribution in [3.8, 4) is 0 Å². The fourth-order valence-electron chi connectivity index (χ4n) is 2.72. The lowest BCUT2D eigenvalue weighted by Crippen LogP contribution is -2.47. The maximum atomic E-state index is 13.6. The van der Waals surface area contributed by atoms with Crippen molar-refractivity contribution in [2.24, 2.45) is 0 Å². The quantitative estimate of drug-likeness (QED) is 0.824. The number of benzene rings is 1. The van der Waals surface area contributed by atoms with Crippen molar-refractivity contribution in [3.63, 3.8) is 0 Å². The van der Waals surface area contributed by atoms with E-state index >= 15 is 0 Å². The molecule has 2 N–H and O–H groups in total. The number of halogens is 2. The fourth-order valence-corrected chi connectivity index (χ4v) is 4.04. The van der Waals surface area contributed by atoms with Crippen LogP contribution in [-0.2, 0) is 4.79 Å². The zero-order chi connectivity index (χ0) is 15.9. The third-order valence-electron chi connectivity index (χ3n) is 3.94. The molecular weight excluding hydrogens is 314 g/mol. The molecular formula is C14H14F2N2O3S. The van der Waals surface area contributed by atoms with Crippen LogP contribution in [0.5, 0.6) is 0 Å². The third kappa shape index (κ3) is 2.46. The molecule has 118 valence electrons. The summed E-state index contributed by atoms with van der Waals surface area (Å²) in [6, 6.07) is 2.08. The number of imide groups is 1. The molecule has 0 aliphatic carbocycles. The van der Waals surface area contributed by atoms with E-state index in [0.29, 0.717) is 12.2 Å². The molecule has 2 heterocycles. The average Bonchev–Trinajstić information content (AvgIpc) is 3.03. The van der Waals surface area contributed by atoms with Crippen LogP contribution in [-0.4, -0.2) is 45.5 Å². The van der Waals surface area contributed by atoms with Crippen molar-refractivity contribution in [1.29, 1.82) is 0 Å². The van der Waals surface area contributed by atoms with Crippen molar-refractivity contribution < 1.29 is 23.5 Å². The zero-order valence-corrected chi connectivity index (χ0v) is 12.3. The molecule has 2 aliphatic rings. The molecule has 22 heavy (non-hydrogen) atoms. The number of thioether (sulfide) groups is 1. The summed E-state index contributed by atoms with van der Waals surface area (Å²) >= 11 is 1.56. The smallest absolute Gasteiger partial charge is 0.325 e. The lowest BCUT2D eigenvalue weighted by atomic mass is 9.99. The number of aliphatic hydroxyl groups excluding tert-OH is 1. The van der Waals surface area contributed by atoms with Crippen LogP contribution in [0.3, 0.4) is 0 Å².